The van der Waals surface area contributed by atoms with Crippen molar-refractivity contribution in [2.75, 3.05) is 6.54 Å². The van der Waals surface area contributed by atoms with Gasteiger partial charge in [0.15, 0.2) is 0 Å². The van der Waals surface area contributed by atoms with Gasteiger partial charge in [0, 0.05) is 11.0 Å². The summed E-state index contributed by atoms with van der Waals surface area (Å²) in [5, 5.41) is 0. The van der Waals surface area contributed by atoms with E-state index in [1.165, 1.54) is 0 Å². The summed E-state index contributed by atoms with van der Waals surface area (Å²) in [6.07, 6.45) is 3.07. The summed E-state index contributed by atoms with van der Waals surface area (Å²) in [6, 6.07) is 5.29. The number of rotatable bonds is 7. The maximum Gasteiger partial charge on any atom is 0.240 e. The molecule has 1 aromatic carbocycles. The summed E-state index contributed by atoms with van der Waals surface area (Å²) in [4.78, 5) is 0.353. The molecule has 1 aromatic rings. The lowest BCUT2D eigenvalue weighted by atomic mass is 10.1. The summed E-state index contributed by atoms with van der Waals surface area (Å²) in [7, 11) is -3.39. The molecule has 0 aliphatic carbocycles. The van der Waals surface area contributed by atoms with Gasteiger partial charge in [0.2, 0.25) is 10.0 Å². The molecule has 0 amide bonds. The van der Waals surface area contributed by atoms with E-state index in [2.05, 4.69) is 34.5 Å². The monoisotopic (exact) mass is 347 g/mol. The Morgan fingerprint density at radius 1 is 1.26 bits per heavy atom. The zero-order chi connectivity index (χ0) is 14.5. The van der Waals surface area contributed by atoms with Crippen LogP contribution in [-0.2, 0) is 10.0 Å². The van der Waals surface area contributed by atoms with Crippen LogP contribution in [-0.4, -0.2) is 15.0 Å². The van der Waals surface area contributed by atoms with E-state index in [0.29, 0.717) is 17.4 Å². The third-order valence-corrected chi connectivity index (χ3v) is 5.04. The van der Waals surface area contributed by atoms with Gasteiger partial charge in [-0.15, -0.1) is 0 Å². The van der Waals surface area contributed by atoms with Crippen molar-refractivity contribution in [3.8, 4) is 0 Å². The topological polar surface area (TPSA) is 46.2 Å². The minimum absolute atomic E-state index is 0.353. The molecule has 0 bridgehead atoms. The Bertz CT molecular complexity index is 512. The van der Waals surface area contributed by atoms with E-state index >= 15 is 0 Å². The molecule has 5 heteroatoms. The number of unbranched alkanes of at least 4 members (excludes halogenated alkanes) is 1. The largest absolute Gasteiger partial charge is 0.240 e. The van der Waals surface area contributed by atoms with Gasteiger partial charge in [0.25, 0.3) is 0 Å². The summed E-state index contributed by atoms with van der Waals surface area (Å²) >= 11 is 3.31. The van der Waals surface area contributed by atoms with Crippen molar-refractivity contribution in [1.82, 2.24) is 4.72 Å². The van der Waals surface area contributed by atoms with Crippen molar-refractivity contribution in [3.05, 3.63) is 28.2 Å². The highest BCUT2D eigenvalue weighted by atomic mass is 79.9. The third kappa shape index (κ3) is 5.63. The summed E-state index contributed by atoms with van der Waals surface area (Å²) < 4.78 is 27.8. The van der Waals surface area contributed by atoms with Crippen LogP contribution < -0.4 is 4.72 Å². The van der Waals surface area contributed by atoms with E-state index in [-0.39, 0.29) is 0 Å². The fraction of sp³-hybridized carbons (Fsp3) is 0.571. The van der Waals surface area contributed by atoms with Gasteiger partial charge >= 0.3 is 0 Å². The summed E-state index contributed by atoms with van der Waals surface area (Å²) in [6.45, 7) is 6.66. The minimum Gasteiger partial charge on any atom is -0.211 e. The predicted octanol–water partition coefficient (Wildman–Crippen LogP) is 3.86. The highest BCUT2D eigenvalue weighted by Crippen LogP contribution is 2.20. The Morgan fingerprint density at radius 3 is 2.58 bits per heavy atom. The first-order valence-corrected chi connectivity index (χ1v) is 8.86. The second kappa shape index (κ2) is 7.41. The van der Waals surface area contributed by atoms with Crippen LogP contribution in [0, 0.1) is 12.8 Å². The van der Waals surface area contributed by atoms with Crippen LogP contribution in [0.4, 0.5) is 0 Å². The zero-order valence-corrected chi connectivity index (χ0v) is 14.1. The van der Waals surface area contributed by atoms with E-state index < -0.39 is 10.0 Å². The third-order valence-electron chi connectivity index (χ3n) is 2.94. The number of nitrogens with one attached hydrogen (secondary N) is 1. The Morgan fingerprint density at radius 2 is 1.95 bits per heavy atom. The van der Waals surface area contributed by atoms with Gasteiger partial charge in [0.05, 0.1) is 4.90 Å². The van der Waals surface area contributed by atoms with Crippen molar-refractivity contribution in [1.29, 1.82) is 0 Å². The van der Waals surface area contributed by atoms with E-state index in [1.54, 1.807) is 19.1 Å². The molecular formula is C14H22BrNO2S. The molecule has 3 nitrogen and oxygen atoms in total. The molecule has 0 unspecified atom stereocenters. The normalized spacial score (nSPS) is 12.1. The molecule has 0 aliphatic rings. The smallest absolute Gasteiger partial charge is 0.211 e. The number of halogens is 1. The fourth-order valence-corrected chi connectivity index (χ4v) is 3.68. The lowest BCUT2D eigenvalue weighted by Gasteiger charge is -2.10. The summed E-state index contributed by atoms with van der Waals surface area (Å²) in [5.41, 5.74) is 0.762. The molecule has 1 rings (SSSR count). The van der Waals surface area contributed by atoms with Gasteiger partial charge in [-0.3, -0.25) is 0 Å². The minimum atomic E-state index is -3.39. The molecule has 0 heterocycles. The molecule has 1 N–H and O–H groups in total. The Labute approximate surface area is 125 Å². The van der Waals surface area contributed by atoms with Crippen LogP contribution in [0.1, 0.15) is 38.7 Å². The van der Waals surface area contributed by atoms with Crippen molar-refractivity contribution in [2.45, 2.75) is 44.9 Å². The van der Waals surface area contributed by atoms with Crippen LogP contribution in [0.3, 0.4) is 0 Å². The highest BCUT2D eigenvalue weighted by Gasteiger charge is 2.16. The number of sulfonamides is 1. The first-order valence-electron chi connectivity index (χ1n) is 6.59. The quantitative estimate of drug-likeness (QED) is 0.761. The molecule has 0 aromatic heterocycles. The van der Waals surface area contributed by atoms with E-state index in [9.17, 15) is 8.42 Å². The molecule has 108 valence electrons. The first kappa shape index (κ1) is 16.7. The SMILES string of the molecule is Cc1ccc(Br)cc1S(=O)(=O)NCCCCC(C)C. The standard InChI is InChI=1S/C14H22BrNO2S/c1-11(2)6-4-5-9-16-19(17,18)14-10-13(15)8-7-12(14)3/h7-8,10-11,16H,4-6,9H2,1-3H3. The van der Waals surface area contributed by atoms with Crippen molar-refractivity contribution in [3.63, 3.8) is 0 Å². The number of hydrogen-bond acceptors (Lipinski definition) is 2. The lowest BCUT2D eigenvalue weighted by molar-refractivity contribution is 0.530. The van der Waals surface area contributed by atoms with Gasteiger partial charge < -0.3 is 0 Å². The Kier molecular flexibility index (Phi) is 6.50. The first-order chi connectivity index (χ1) is 8.83. The fourth-order valence-electron chi connectivity index (χ4n) is 1.83. The molecule has 0 radical (unpaired) electrons. The second-order valence-electron chi connectivity index (χ2n) is 5.20. The van der Waals surface area contributed by atoms with Crippen LogP contribution in [0.15, 0.2) is 27.6 Å². The van der Waals surface area contributed by atoms with Gasteiger partial charge in [0.1, 0.15) is 0 Å². The van der Waals surface area contributed by atoms with E-state index in [4.69, 9.17) is 0 Å². The van der Waals surface area contributed by atoms with Gasteiger partial charge in [-0.05, 0) is 37.0 Å². The average Bonchev–Trinajstić information content (AvgIpc) is 2.31. The van der Waals surface area contributed by atoms with Crippen LogP contribution in [0.5, 0.6) is 0 Å². The average molecular weight is 348 g/mol. The van der Waals surface area contributed by atoms with Crippen molar-refractivity contribution >= 4 is 26.0 Å². The molecule has 0 atom stereocenters. The Balaban J connectivity index is 2.59. The molecule has 0 spiro atoms. The van der Waals surface area contributed by atoms with Crippen LogP contribution >= 0.6 is 15.9 Å². The van der Waals surface area contributed by atoms with Crippen LogP contribution in [0.25, 0.3) is 0 Å². The molecular weight excluding hydrogens is 326 g/mol. The van der Waals surface area contributed by atoms with E-state index in [0.717, 1.165) is 29.3 Å². The lowest BCUT2D eigenvalue weighted by Crippen LogP contribution is -2.25. The molecule has 0 saturated carbocycles. The maximum atomic E-state index is 12.2. The molecule has 0 aliphatic heterocycles. The second-order valence-corrected chi connectivity index (χ2v) is 7.85. The molecule has 0 saturated heterocycles. The molecule has 19 heavy (non-hydrogen) atoms. The Hall–Kier alpha value is -0.390. The van der Waals surface area contributed by atoms with Gasteiger partial charge in [-0.25, -0.2) is 13.1 Å². The predicted molar refractivity (Wildman–Crippen MR) is 82.8 cm³/mol. The van der Waals surface area contributed by atoms with Crippen molar-refractivity contribution < 1.29 is 8.42 Å². The van der Waals surface area contributed by atoms with E-state index in [1.807, 2.05) is 6.07 Å². The van der Waals surface area contributed by atoms with Crippen molar-refractivity contribution in [2.24, 2.45) is 5.92 Å². The number of hydrogen-bond donors (Lipinski definition) is 1. The maximum absolute atomic E-state index is 12.2. The van der Waals surface area contributed by atoms with Gasteiger partial charge in [-0.2, -0.15) is 0 Å². The number of benzene rings is 1. The van der Waals surface area contributed by atoms with Crippen LogP contribution in [0.2, 0.25) is 0 Å². The zero-order valence-electron chi connectivity index (χ0n) is 11.7. The highest BCUT2D eigenvalue weighted by molar-refractivity contribution is 9.10. The van der Waals surface area contributed by atoms with Gasteiger partial charge in [-0.1, -0.05) is 48.7 Å². The summed E-state index contributed by atoms with van der Waals surface area (Å²) in [5.74, 6) is 0.670. The molecule has 0 fully saturated rings. The number of aryl methyl sites for hydroxylation is 1.